The summed E-state index contributed by atoms with van der Waals surface area (Å²) in [4.78, 5) is 23.3. The van der Waals surface area contributed by atoms with Crippen LogP contribution in [0.3, 0.4) is 0 Å². The fraction of sp³-hybridized carbons (Fsp3) is 0.333. The molecule has 0 heterocycles. The molecule has 1 aromatic rings. The fourth-order valence-electron chi connectivity index (χ4n) is 1.67. The highest BCUT2D eigenvalue weighted by molar-refractivity contribution is 9.10. The highest BCUT2D eigenvalue weighted by Gasteiger charge is 2.13. The number of benzene rings is 1. The Morgan fingerprint density at radius 1 is 1.39 bits per heavy atom. The molecule has 0 aliphatic heterocycles. The van der Waals surface area contributed by atoms with Gasteiger partial charge in [-0.1, -0.05) is 15.9 Å². The van der Waals surface area contributed by atoms with E-state index in [1.807, 2.05) is 0 Å². The quantitative estimate of drug-likeness (QED) is 0.703. The Labute approximate surface area is 141 Å². The molecule has 0 aliphatic carbocycles. The van der Waals surface area contributed by atoms with Gasteiger partial charge in [-0.15, -0.1) is 0 Å². The van der Waals surface area contributed by atoms with E-state index in [1.54, 1.807) is 19.9 Å². The number of nitrogens with one attached hydrogen (secondary N) is 2. The van der Waals surface area contributed by atoms with Gasteiger partial charge in [-0.05, 0) is 38.1 Å². The Morgan fingerprint density at radius 2 is 2.09 bits per heavy atom. The number of carbonyl (C=O) groups is 2. The molecule has 0 bridgehead atoms. The first kappa shape index (κ1) is 19.1. The maximum Gasteiger partial charge on any atom is 0.387 e. The number of hydrogen-bond acceptors (Lipinski definition) is 3. The van der Waals surface area contributed by atoms with E-state index in [0.29, 0.717) is 16.6 Å². The second-order valence-electron chi connectivity index (χ2n) is 4.52. The number of hydrogen-bond donors (Lipinski definition) is 2. The number of amides is 2. The van der Waals surface area contributed by atoms with Gasteiger partial charge in [0.05, 0.1) is 0 Å². The summed E-state index contributed by atoms with van der Waals surface area (Å²) in [5.74, 6) is -0.880. The molecular formula is C15H17BrF2N2O3. The van der Waals surface area contributed by atoms with Gasteiger partial charge in [0.1, 0.15) is 11.8 Å². The van der Waals surface area contributed by atoms with Crippen LogP contribution in [0.1, 0.15) is 19.4 Å². The monoisotopic (exact) mass is 390 g/mol. The van der Waals surface area contributed by atoms with E-state index in [1.165, 1.54) is 18.2 Å². The summed E-state index contributed by atoms with van der Waals surface area (Å²) in [6.07, 6.45) is 2.48. The summed E-state index contributed by atoms with van der Waals surface area (Å²) in [6.45, 7) is 0.807. The van der Waals surface area contributed by atoms with Crippen LogP contribution in [0.5, 0.6) is 5.75 Å². The van der Waals surface area contributed by atoms with Crippen molar-refractivity contribution in [2.75, 3.05) is 6.54 Å². The first-order valence-corrected chi connectivity index (χ1v) is 7.63. The summed E-state index contributed by atoms with van der Waals surface area (Å²) in [6, 6.07) is 3.75. The van der Waals surface area contributed by atoms with Crippen molar-refractivity contribution in [2.24, 2.45) is 0 Å². The molecule has 23 heavy (non-hydrogen) atoms. The van der Waals surface area contributed by atoms with Crippen molar-refractivity contribution in [1.29, 1.82) is 0 Å². The number of ether oxygens (including phenoxy) is 1. The second kappa shape index (κ2) is 9.24. The van der Waals surface area contributed by atoms with E-state index in [9.17, 15) is 18.4 Å². The van der Waals surface area contributed by atoms with E-state index >= 15 is 0 Å². The van der Waals surface area contributed by atoms with Crippen LogP contribution >= 0.6 is 15.9 Å². The van der Waals surface area contributed by atoms with E-state index in [-0.39, 0.29) is 11.7 Å². The Bertz CT molecular complexity index is 594. The molecule has 0 spiro atoms. The molecule has 0 fully saturated rings. The van der Waals surface area contributed by atoms with Gasteiger partial charge < -0.3 is 15.4 Å². The van der Waals surface area contributed by atoms with Crippen LogP contribution in [0.25, 0.3) is 6.08 Å². The zero-order valence-corrected chi connectivity index (χ0v) is 14.2. The van der Waals surface area contributed by atoms with Crippen molar-refractivity contribution in [3.05, 3.63) is 34.3 Å². The minimum atomic E-state index is -2.96. The third-order valence-electron chi connectivity index (χ3n) is 2.71. The number of rotatable bonds is 7. The molecule has 1 atom stereocenters. The van der Waals surface area contributed by atoms with Gasteiger partial charge in [0.2, 0.25) is 11.8 Å². The van der Waals surface area contributed by atoms with Crippen LogP contribution in [0.2, 0.25) is 0 Å². The van der Waals surface area contributed by atoms with Gasteiger partial charge in [0.25, 0.3) is 0 Å². The van der Waals surface area contributed by atoms with Gasteiger partial charge in [-0.3, -0.25) is 9.59 Å². The van der Waals surface area contributed by atoms with Crippen molar-refractivity contribution in [3.8, 4) is 5.75 Å². The van der Waals surface area contributed by atoms with E-state index in [2.05, 4.69) is 31.3 Å². The predicted octanol–water partition coefficient (Wildman–Crippen LogP) is 2.70. The minimum absolute atomic E-state index is 0.0518. The van der Waals surface area contributed by atoms with Gasteiger partial charge in [-0.25, -0.2) is 0 Å². The van der Waals surface area contributed by atoms with Gasteiger partial charge in [0, 0.05) is 22.7 Å². The normalized spacial score (nSPS) is 12.3. The van der Waals surface area contributed by atoms with Gasteiger partial charge in [0.15, 0.2) is 0 Å². The molecule has 126 valence electrons. The SMILES string of the molecule is CCNC(=O)[C@@H](C)NC(=O)/C=C/c1cc(Br)ccc1OC(F)F. The Kier molecular flexibility index (Phi) is 7.67. The van der Waals surface area contributed by atoms with Crippen LogP contribution in [-0.2, 0) is 9.59 Å². The third kappa shape index (κ3) is 6.77. The molecule has 0 radical (unpaired) electrons. The Hall–Kier alpha value is -1.96. The average molecular weight is 391 g/mol. The van der Waals surface area contributed by atoms with Crippen LogP contribution in [0.4, 0.5) is 8.78 Å². The lowest BCUT2D eigenvalue weighted by molar-refractivity contribution is -0.126. The van der Waals surface area contributed by atoms with Crippen LogP contribution in [0, 0.1) is 0 Å². The van der Waals surface area contributed by atoms with Crippen LogP contribution in [-0.4, -0.2) is 31.0 Å². The highest BCUT2D eigenvalue weighted by Crippen LogP contribution is 2.25. The smallest absolute Gasteiger partial charge is 0.387 e. The first-order chi connectivity index (χ1) is 10.8. The summed E-state index contributed by atoms with van der Waals surface area (Å²) < 4.78 is 29.7. The summed E-state index contributed by atoms with van der Waals surface area (Å²) in [7, 11) is 0. The molecule has 1 rings (SSSR count). The largest absolute Gasteiger partial charge is 0.434 e. The lowest BCUT2D eigenvalue weighted by Gasteiger charge is -2.12. The molecule has 0 aromatic heterocycles. The molecule has 0 saturated carbocycles. The molecule has 8 heteroatoms. The second-order valence-corrected chi connectivity index (χ2v) is 5.43. The van der Waals surface area contributed by atoms with Crippen molar-refractivity contribution < 1.29 is 23.1 Å². The number of alkyl halides is 2. The topological polar surface area (TPSA) is 67.4 Å². The fourth-order valence-corrected chi connectivity index (χ4v) is 2.05. The highest BCUT2D eigenvalue weighted by atomic mass is 79.9. The summed E-state index contributed by atoms with van der Waals surface area (Å²) in [5, 5.41) is 5.05. The minimum Gasteiger partial charge on any atom is -0.434 e. The van der Waals surface area contributed by atoms with Gasteiger partial charge >= 0.3 is 6.61 Å². The zero-order chi connectivity index (χ0) is 17.4. The number of halogens is 3. The van der Waals surface area contributed by atoms with Crippen molar-refractivity contribution in [1.82, 2.24) is 10.6 Å². The average Bonchev–Trinajstić information content (AvgIpc) is 2.47. The van der Waals surface area contributed by atoms with E-state index in [4.69, 9.17) is 0 Å². The number of likely N-dealkylation sites (N-methyl/N-ethyl adjacent to an activating group) is 1. The van der Waals surface area contributed by atoms with E-state index in [0.717, 1.165) is 6.08 Å². The van der Waals surface area contributed by atoms with Crippen LogP contribution in [0.15, 0.2) is 28.7 Å². The van der Waals surface area contributed by atoms with Crippen molar-refractivity contribution >= 4 is 33.8 Å². The Balaban J connectivity index is 2.78. The summed E-state index contributed by atoms with van der Waals surface area (Å²) >= 11 is 3.22. The maximum atomic E-state index is 12.4. The third-order valence-corrected chi connectivity index (χ3v) is 3.20. The first-order valence-electron chi connectivity index (χ1n) is 6.84. The zero-order valence-electron chi connectivity index (χ0n) is 12.6. The molecule has 0 aliphatic rings. The predicted molar refractivity (Wildman–Crippen MR) is 86.1 cm³/mol. The Morgan fingerprint density at radius 3 is 2.70 bits per heavy atom. The number of carbonyl (C=O) groups excluding carboxylic acids is 2. The van der Waals surface area contributed by atoms with E-state index < -0.39 is 18.6 Å². The maximum absolute atomic E-state index is 12.4. The van der Waals surface area contributed by atoms with Crippen molar-refractivity contribution in [2.45, 2.75) is 26.5 Å². The molecule has 2 N–H and O–H groups in total. The molecular weight excluding hydrogens is 374 g/mol. The van der Waals surface area contributed by atoms with Gasteiger partial charge in [-0.2, -0.15) is 8.78 Å². The lowest BCUT2D eigenvalue weighted by atomic mass is 10.2. The molecule has 0 unspecified atom stereocenters. The molecule has 1 aromatic carbocycles. The van der Waals surface area contributed by atoms with Crippen molar-refractivity contribution in [3.63, 3.8) is 0 Å². The lowest BCUT2D eigenvalue weighted by Crippen LogP contribution is -2.44. The standard InChI is InChI=1S/C15H17BrF2N2O3/c1-3-19-14(22)9(2)20-13(21)7-4-10-8-11(16)5-6-12(10)23-15(17)18/h4-9,15H,3H2,1-2H3,(H,19,22)(H,20,21)/b7-4+/t9-/m1/s1. The molecule has 5 nitrogen and oxygen atoms in total. The van der Waals surface area contributed by atoms with Crippen LogP contribution < -0.4 is 15.4 Å². The molecule has 0 saturated heterocycles. The molecule has 2 amide bonds. The summed E-state index contributed by atoms with van der Waals surface area (Å²) in [5.41, 5.74) is 0.306.